The second-order valence-electron chi connectivity index (χ2n) is 6.51. The fourth-order valence-corrected chi connectivity index (χ4v) is 4.17. The number of nitrogens with one attached hydrogen (secondary N) is 2. The first-order valence-electron chi connectivity index (χ1n) is 9.01. The van der Waals surface area contributed by atoms with Crippen LogP contribution in [0.5, 0.6) is 0 Å². The highest BCUT2D eigenvalue weighted by molar-refractivity contribution is 7.89. The Morgan fingerprint density at radius 2 is 1.66 bits per heavy atom. The van der Waals surface area contributed by atoms with E-state index in [4.69, 9.17) is 0 Å². The number of halogens is 3. The third-order valence-corrected chi connectivity index (χ3v) is 6.22. The van der Waals surface area contributed by atoms with Crippen molar-refractivity contribution in [2.45, 2.75) is 24.4 Å². The summed E-state index contributed by atoms with van der Waals surface area (Å²) in [5.74, 6) is -0.502. The monoisotopic (exact) mass is 436 g/mol. The standard InChI is InChI=1S/C17H23F3N4O4S/c1-2-7-21-16(26)22-15(25)12-23-8-10-24(11-9-23)29(27,28)14-5-3-13(4-6-14)17(18,19)20/h3-6H,2,7-12H2,1H3,(H2,21,22,25,26). The van der Waals surface area contributed by atoms with E-state index in [1.165, 1.54) is 0 Å². The minimum Gasteiger partial charge on any atom is -0.338 e. The lowest BCUT2D eigenvalue weighted by Crippen LogP contribution is -2.52. The van der Waals surface area contributed by atoms with E-state index in [9.17, 15) is 31.2 Å². The summed E-state index contributed by atoms with van der Waals surface area (Å²) < 4.78 is 64.3. The summed E-state index contributed by atoms with van der Waals surface area (Å²) in [7, 11) is -3.93. The van der Waals surface area contributed by atoms with Gasteiger partial charge in [-0.1, -0.05) is 6.92 Å². The molecule has 1 aromatic rings. The van der Waals surface area contributed by atoms with Gasteiger partial charge in [0.25, 0.3) is 0 Å². The predicted octanol–water partition coefficient (Wildman–Crippen LogP) is 1.25. The molecule has 162 valence electrons. The first-order chi connectivity index (χ1) is 13.5. The first-order valence-corrected chi connectivity index (χ1v) is 10.5. The van der Waals surface area contributed by atoms with E-state index in [1.807, 2.05) is 6.92 Å². The van der Waals surface area contributed by atoms with Gasteiger partial charge in [-0.3, -0.25) is 15.0 Å². The normalized spacial score (nSPS) is 16.4. The maximum atomic E-state index is 12.6. The average Bonchev–Trinajstić information content (AvgIpc) is 2.66. The fraction of sp³-hybridized carbons (Fsp3) is 0.529. The molecule has 2 N–H and O–H groups in total. The molecule has 0 bridgehead atoms. The van der Waals surface area contributed by atoms with E-state index in [0.29, 0.717) is 6.54 Å². The molecule has 0 atom stereocenters. The van der Waals surface area contributed by atoms with Crippen LogP contribution in [0.15, 0.2) is 29.2 Å². The summed E-state index contributed by atoms with van der Waals surface area (Å²) in [6, 6.07) is 2.76. The molecule has 0 spiro atoms. The highest BCUT2D eigenvalue weighted by atomic mass is 32.2. The van der Waals surface area contributed by atoms with Gasteiger partial charge in [-0.2, -0.15) is 17.5 Å². The Balaban J connectivity index is 1.89. The summed E-state index contributed by atoms with van der Waals surface area (Å²) in [5, 5.41) is 4.70. The number of amides is 3. The van der Waals surface area contributed by atoms with E-state index < -0.39 is 33.7 Å². The average molecular weight is 436 g/mol. The Bertz CT molecular complexity index is 820. The van der Waals surface area contributed by atoms with Crippen molar-refractivity contribution in [2.24, 2.45) is 0 Å². The molecule has 2 rings (SSSR count). The fourth-order valence-electron chi connectivity index (χ4n) is 2.74. The van der Waals surface area contributed by atoms with Crippen LogP contribution >= 0.6 is 0 Å². The number of imide groups is 1. The smallest absolute Gasteiger partial charge is 0.338 e. The molecule has 29 heavy (non-hydrogen) atoms. The minimum atomic E-state index is -4.54. The molecule has 0 aliphatic carbocycles. The quantitative estimate of drug-likeness (QED) is 0.699. The summed E-state index contributed by atoms with van der Waals surface area (Å²) in [6.45, 7) is 2.93. The van der Waals surface area contributed by atoms with Gasteiger partial charge in [-0.25, -0.2) is 13.2 Å². The highest BCUT2D eigenvalue weighted by Crippen LogP contribution is 2.30. The molecule has 1 aliphatic rings. The number of urea groups is 1. The Hall–Kier alpha value is -2.18. The summed E-state index contributed by atoms with van der Waals surface area (Å²) in [5.41, 5.74) is -0.921. The van der Waals surface area contributed by atoms with Gasteiger partial charge in [0, 0.05) is 32.7 Å². The summed E-state index contributed by atoms with van der Waals surface area (Å²) >= 11 is 0. The van der Waals surface area contributed by atoms with E-state index in [1.54, 1.807) is 4.90 Å². The van der Waals surface area contributed by atoms with Gasteiger partial charge >= 0.3 is 12.2 Å². The van der Waals surface area contributed by atoms with Crippen LogP contribution in [0.25, 0.3) is 0 Å². The number of rotatable bonds is 6. The zero-order chi connectivity index (χ0) is 21.7. The van der Waals surface area contributed by atoms with Crippen LogP contribution in [0.4, 0.5) is 18.0 Å². The topological polar surface area (TPSA) is 98.8 Å². The molecule has 0 saturated carbocycles. The van der Waals surface area contributed by atoms with Crippen molar-refractivity contribution in [1.82, 2.24) is 19.8 Å². The Labute approximate surface area is 167 Å². The predicted molar refractivity (Wildman–Crippen MR) is 98.5 cm³/mol. The highest BCUT2D eigenvalue weighted by Gasteiger charge is 2.32. The van der Waals surface area contributed by atoms with Crippen molar-refractivity contribution in [2.75, 3.05) is 39.3 Å². The number of carbonyl (C=O) groups is 2. The van der Waals surface area contributed by atoms with Gasteiger partial charge in [-0.05, 0) is 30.7 Å². The van der Waals surface area contributed by atoms with E-state index in [0.717, 1.165) is 35.0 Å². The molecule has 3 amide bonds. The van der Waals surface area contributed by atoms with Gasteiger partial charge in [0.15, 0.2) is 0 Å². The summed E-state index contributed by atoms with van der Waals surface area (Å²) in [4.78, 5) is 24.8. The van der Waals surface area contributed by atoms with Gasteiger partial charge in [0.2, 0.25) is 15.9 Å². The van der Waals surface area contributed by atoms with Crippen molar-refractivity contribution < 1.29 is 31.2 Å². The molecule has 1 heterocycles. The molecule has 1 aliphatic heterocycles. The van der Waals surface area contributed by atoms with Crippen LogP contribution in [-0.4, -0.2) is 68.8 Å². The van der Waals surface area contributed by atoms with Crippen molar-refractivity contribution in [1.29, 1.82) is 0 Å². The number of sulfonamides is 1. The van der Waals surface area contributed by atoms with Crippen LogP contribution < -0.4 is 10.6 Å². The maximum absolute atomic E-state index is 12.6. The van der Waals surface area contributed by atoms with Crippen LogP contribution in [0.2, 0.25) is 0 Å². The number of nitrogens with zero attached hydrogens (tertiary/aromatic N) is 2. The zero-order valence-electron chi connectivity index (χ0n) is 15.8. The molecule has 12 heteroatoms. The van der Waals surface area contributed by atoms with E-state index in [-0.39, 0.29) is 37.6 Å². The van der Waals surface area contributed by atoms with Crippen molar-refractivity contribution in [3.63, 3.8) is 0 Å². The molecular formula is C17H23F3N4O4S. The SMILES string of the molecule is CCCNC(=O)NC(=O)CN1CCN(S(=O)(=O)c2ccc(C(F)(F)F)cc2)CC1. The summed E-state index contributed by atoms with van der Waals surface area (Å²) in [6.07, 6.45) is -3.81. The Morgan fingerprint density at radius 1 is 1.07 bits per heavy atom. The van der Waals surface area contributed by atoms with Gasteiger partial charge in [0.05, 0.1) is 17.0 Å². The molecule has 0 radical (unpaired) electrons. The Morgan fingerprint density at radius 3 is 2.17 bits per heavy atom. The van der Waals surface area contributed by atoms with Crippen molar-refractivity contribution in [3.8, 4) is 0 Å². The molecular weight excluding hydrogens is 413 g/mol. The number of alkyl halides is 3. The second-order valence-corrected chi connectivity index (χ2v) is 8.44. The van der Waals surface area contributed by atoms with E-state index >= 15 is 0 Å². The lowest BCUT2D eigenvalue weighted by molar-refractivity contribution is -0.137. The lowest BCUT2D eigenvalue weighted by Gasteiger charge is -2.33. The van der Waals surface area contributed by atoms with Gasteiger partial charge < -0.3 is 5.32 Å². The van der Waals surface area contributed by atoms with Crippen LogP contribution in [0.3, 0.4) is 0 Å². The van der Waals surface area contributed by atoms with Gasteiger partial charge in [0.1, 0.15) is 0 Å². The number of carbonyl (C=O) groups excluding carboxylic acids is 2. The third-order valence-electron chi connectivity index (χ3n) is 4.31. The number of benzene rings is 1. The van der Waals surface area contributed by atoms with Crippen molar-refractivity contribution in [3.05, 3.63) is 29.8 Å². The molecule has 1 aromatic carbocycles. The van der Waals surface area contributed by atoms with Crippen LogP contribution in [-0.2, 0) is 21.0 Å². The maximum Gasteiger partial charge on any atom is 0.416 e. The lowest BCUT2D eigenvalue weighted by atomic mass is 10.2. The van der Waals surface area contributed by atoms with Crippen LogP contribution in [0, 0.1) is 0 Å². The molecule has 8 nitrogen and oxygen atoms in total. The molecule has 1 saturated heterocycles. The molecule has 0 aromatic heterocycles. The largest absolute Gasteiger partial charge is 0.416 e. The van der Waals surface area contributed by atoms with E-state index in [2.05, 4.69) is 10.6 Å². The molecule has 0 unspecified atom stereocenters. The van der Waals surface area contributed by atoms with Crippen molar-refractivity contribution >= 4 is 22.0 Å². The first kappa shape index (κ1) is 23.1. The van der Waals surface area contributed by atoms with Crippen LogP contribution in [0.1, 0.15) is 18.9 Å². The molecule has 1 fully saturated rings. The zero-order valence-corrected chi connectivity index (χ0v) is 16.6. The third kappa shape index (κ3) is 6.41. The number of hydrogen-bond acceptors (Lipinski definition) is 5. The minimum absolute atomic E-state index is 0.0618. The van der Waals surface area contributed by atoms with Gasteiger partial charge in [-0.15, -0.1) is 0 Å². The number of hydrogen-bond donors (Lipinski definition) is 2. The second kappa shape index (κ2) is 9.55. The number of piperazine rings is 1. The Kier molecular flexibility index (Phi) is 7.60.